The summed E-state index contributed by atoms with van der Waals surface area (Å²) in [5, 5.41) is 2.66. The molecule has 27 heavy (non-hydrogen) atoms. The van der Waals surface area contributed by atoms with Gasteiger partial charge in [-0.15, -0.1) is 0 Å². The highest BCUT2D eigenvalue weighted by molar-refractivity contribution is 7.89. The van der Waals surface area contributed by atoms with E-state index in [4.69, 9.17) is 4.74 Å². The predicted molar refractivity (Wildman–Crippen MR) is 102 cm³/mol. The van der Waals surface area contributed by atoms with Crippen LogP contribution in [0.4, 0.5) is 5.69 Å². The van der Waals surface area contributed by atoms with Crippen molar-refractivity contribution in [1.82, 2.24) is 4.72 Å². The molecule has 1 amide bonds. The molecule has 0 aromatic heterocycles. The number of carbonyl (C=O) groups is 2. The van der Waals surface area contributed by atoms with Gasteiger partial charge in [0.2, 0.25) is 10.0 Å². The Kier molecular flexibility index (Phi) is 6.70. The number of hydrogen-bond acceptors (Lipinski definition) is 5. The summed E-state index contributed by atoms with van der Waals surface area (Å²) in [4.78, 5) is 23.7. The van der Waals surface area contributed by atoms with Crippen molar-refractivity contribution in [2.45, 2.75) is 25.7 Å². The average Bonchev–Trinajstić information content (AvgIpc) is 2.62. The van der Waals surface area contributed by atoms with Crippen molar-refractivity contribution in [1.29, 1.82) is 0 Å². The number of esters is 1. The third-order valence-corrected chi connectivity index (χ3v) is 5.40. The minimum atomic E-state index is -3.82. The molecule has 0 saturated heterocycles. The molecular weight excluding hydrogens is 368 g/mol. The van der Waals surface area contributed by atoms with Crippen molar-refractivity contribution in [3.05, 3.63) is 59.2 Å². The number of nitrogens with one attached hydrogen (secondary N) is 2. The molecule has 2 aromatic rings. The molecule has 0 atom stereocenters. The summed E-state index contributed by atoms with van der Waals surface area (Å²) in [7, 11) is -3.82. The normalized spacial score (nSPS) is 11.1. The maximum atomic E-state index is 12.1. The zero-order chi connectivity index (χ0) is 20.0. The second-order valence-corrected chi connectivity index (χ2v) is 7.86. The average molecular weight is 390 g/mol. The van der Waals surface area contributed by atoms with Crippen molar-refractivity contribution in [2.24, 2.45) is 0 Å². The molecule has 8 heteroatoms. The van der Waals surface area contributed by atoms with E-state index in [9.17, 15) is 18.0 Å². The maximum Gasteiger partial charge on any atom is 0.321 e. The van der Waals surface area contributed by atoms with Crippen molar-refractivity contribution >= 4 is 27.6 Å². The highest BCUT2D eigenvalue weighted by Crippen LogP contribution is 2.17. The standard InChI is InChI=1S/C19H22N2O5S/c1-13-7-9-16(10-8-13)27(24,25)20-11-19(23)26-12-18(22)21-17-6-4-5-14(2)15(17)3/h4-10,20H,11-12H2,1-3H3,(H,21,22). The first-order valence-corrected chi connectivity index (χ1v) is 9.75. The molecule has 2 N–H and O–H groups in total. The van der Waals surface area contributed by atoms with Gasteiger partial charge >= 0.3 is 5.97 Å². The molecule has 144 valence electrons. The maximum absolute atomic E-state index is 12.1. The first-order valence-electron chi connectivity index (χ1n) is 8.27. The van der Waals surface area contributed by atoms with Gasteiger partial charge in [-0.3, -0.25) is 9.59 Å². The SMILES string of the molecule is Cc1ccc(S(=O)(=O)NCC(=O)OCC(=O)Nc2cccc(C)c2C)cc1. The van der Waals surface area contributed by atoms with E-state index < -0.39 is 35.1 Å². The summed E-state index contributed by atoms with van der Waals surface area (Å²) in [6.45, 7) is 4.57. The van der Waals surface area contributed by atoms with Gasteiger partial charge in [-0.1, -0.05) is 29.8 Å². The molecule has 0 unspecified atom stereocenters. The van der Waals surface area contributed by atoms with Crippen LogP contribution < -0.4 is 10.0 Å². The van der Waals surface area contributed by atoms with Gasteiger partial charge in [0.1, 0.15) is 6.54 Å². The third kappa shape index (κ3) is 5.90. The number of amides is 1. The van der Waals surface area contributed by atoms with Crippen LogP contribution in [0.3, 0.4) is 0 Å². The zero-order valence-corrected chi connectivity index (χ0v) is 16.2. The fraction of sp³-hybridized carbons (Fsp3) is 0.263. The van der Waals surface area contributed by atoms with Crippen LogP contribution in [-0.2, 0) is 24.3 Å². The minimum absolute atomic E-state index is 0.0496. The summed E-state index contributed by atoms with van der Waals surface area (Å²) in [6.07, 6.45) is 0. The van der Waals surface area contributed by atoms with Crippen LogP contribution in [-0.4, -0.2) is 33.4 Å². The lowest BCUT2D eigenvalue weighted by molar-refractivity contribution is -0.146. The minimum Gasteiger partial charge on any atom is -0.455 e. The lowest BCUT2D eigenvalue weighted by Crippen LogP contribution is -2.32. The summed E-state index contributed by atoms with van der Waals surface area (Å²) >= 11 is 0. The Bertz CT molecular complexity index is 937. The zero-order valence-electron chi connectivity index (χ0n) is 15.4. The van der Waals surface area contributed by atoms with Crippen molar-refractivity contribution in [3.63, 3.8) is 0 Å². The lowest BCUT2D eigenvalue weighted by atomic mass is 10.1. The van der Waals surface area contributed by atoms with Gasteiger partial charge in [0.15, 0.2) is 6.61 Å². The van der Waals surface area contributed by atoms with Crippen LogP contribution in [0.1, 0.15) is 16.7 Å². The fourth-order valence-corrected chi connectivity index (χ4v) is 3.19. The van der Waals surface area contributed by atoms with Gasteiger partial charge in [-0.25, -0.2) is 8.42 Å². The Labute approximate surface area is 158 Å². The van der Waals surface area contributed by atoms with Crippen molar-refractivity contribution in [2.75, 3.05) is 18.5 Å². The number of aryl methyl sites for hydroxylation is 2. The van der Waals surface area contributed by atoms with E-state index in [1.165, 1.54) is 12.1 Å². The summed E-state index contributed by atoms with van der Waals surface area (Å²) in [6, 6.07) is 11.7. The summed E-state index contributed by atoms with van der Waals surface area (Å²) in [5.74, 6) is -1.35. The number of rotatable bonds is 7. The topological polar surface area (TPSA) is 102 Å². The number of hydrogen-bond donors (Lipinski definition) is 2. The van der Waals surface area contributed by atoms with Crippen LogP contribution in [0.25, 0.3) is 0 Å². The Morgan fingerprint density at radius 3 is 2.33 bits per heavy atom. The van der Waals surface area contributed by atoms with Crippen LogP contribution in [0, 0.1) is 20.8 Å². The number of benzene rings is 2. The van der Waals surface area contributed by atoms with E-state index in [0.29, 0.717) is 5.69 Å². The molecular formula is C19H22N2O5S. The molecule has 0 spiro atoms. The molecule has 0 aliphatic rings. The van der Waals surface area contributed by atoms with Gasteiger partial charge in [-0.05, 0) is 50.1 Å². The number of ether oxygens (including phenoxy) is 1. The molecule has 0 aliphatic carbocycles. The highest BCUT2D eigenvalue weighted by Gasteiger charge is 2.16. The molecule has 0 fully saturated rings. The van der Waals surface area contributed by atoms with Gasteiger partial charge in [0, 0.05) is 5.69 Å². The quantitative estimate of drug-likeness (QED) is 0.705. The molecule has 0 saturated carbocycles. The monoisotopic (exact) mass is 390 g/mol. The Balaban J connectivity index is 1.82. The van der Waals surface area contributed by atoms with Gasteiger partial charge in [-0.2, -0.15) is 4.72 Å². The predicted octanol–water partition coefficient (Wildman–Crippen LogP) is 2.07. The van der Waals surface area contributed by atoms with Crippen LogP contribution >= 0.6 is 0 Å². The molecule has 2 rings (SSSR count). The van der Waals surface area contributed by atoms with E-state index in [0.717, 1.165) is 16.7 Å². The number of anilines is 1. The smallest absolute Gasteiger partial charge is 0.321 e. The Morgan fingerprint density at radius 1 is 1.00 bits per heavy atom. The number of sulfonamides is 1. The van der Waals surface area contributed by atoms with Gasteiger partial charge in [0.25, 0.3) is 5.91 Å². The Morgan fingerprint density at radius 2 is 1.67 bits per heavy atom. The second-order valence-electron chi connectivity index (χ2n) is 6.09. The molecule has 0 aliphatic heterocycles. The third-order valence-electron chi connectivity index (χ3n) is 3.98. The van der Waals surface area contributed by atoms with E-state index >= 15 is 0 Å². The Hall–Kier alpha value is -2.71. The van der Waals surface area contributed by atoms with E-state index in [1.807, 2.05) is 32.9 Å². The van der Waals surface area contributed by atoms with E-state index in [1.54, 1.807) is 18.2 Å². The largest absolute Gasteiger partial charge is 0.455 e. The fourth-order valence-electron chi connectivity index (χ4n) is 2.22. The van der Waals surface area contributed by atoms with Crippen LogP contribution in [0.15, 0.2) is 47.4 Å². The molecule has 0 bridgehead atoms. The van der Waals surface area contributed by atoms with Crippen molar-refractivity contribution < 1.29 is 22.7 Å². The molecule has 0 heterocycles. The van der Waals surface area contributed by atoms with E-state index in [-0.39, 0.29) is 4.90 Å². The first kappa shape index (κ1) is 20.6. The van der Waals surface area contributed by atoms with Crippen LogP contribution in [0.2, 0.25) is 0 Å². The van der Waals surface area contributed by atoms with Crippen molar-refractivity contribution in [3.8, 4) is 0 Å². The second kappa shape index (κ2) is 8.79. The molecule has 2 aromatic carbocycles. The first-order chi connectivity index (χ1) is 12.7. The highest BCUT2D eigenvalue weighted by atomic mass is 32.2. The van der Waals surface area contributed by atoms with Gasteiger partial charge < -0.3 is 10.1 Å². The molecule has 7 nitrogen and oxygen atoms in total. The summed E-state index contributed by atoms with van der Waals surface area (Å²) < 4.78 is 31.2. The van der Waals surface area contributed by atoms with E-state index in [2.05, 4.69) is 10.0 Å². The van der Waals surface area contributed by atoms with Gasteiger partial charge in [0.05, 0.1) is 4.90 Å². The summed E-state index contributed by atoms with van der Waals surface area (Å²) in [5.41, 5.74) is 3.50. The number of carbonyl (C=O) groups excluding carboxylic acids is 2. The lowest BCUT2D eigenvalue weighted by Gasteiger charge is -2.11. The van der Waals surface area contributed by atoms with Crippen LogP contribution in [0.5, 0.6) is 0 Å². The molecule has 0 radical (unpaired) electrons.